The molecule has 6 heteroatoms. The minimum Gasteiger partial charge on any atom is -0.497 e. The van der Waals surface area contributed by atoms with Crippen molar-refractivity contribution in [2.24, 2.45) is 0 Å². The summed E-state index contributed by atoms with van der Waals surface area (Å²) >= 11 is 0. The van der Waals surface area contributed by atoms with Crippen molar-refractivity contribution in [2.75, 3.05) is 13.7 Å². The molecular formula is C23H29FN2O3. The fourth-order valence-corrected chi connectivity index (χ4v) is 2.99. The minimum atomic E-state index is -0.683. The zero-order chi connectivity index (χ0) is 21.2. The van der Waals surface area contributed by atoms with E-state index in [9.17, 15) is 14.0 Å². The van der Waals surface area contributed by atoms with Gasteiger partial charge in [0.1, 0.15) is 17.6 Å². The molecule has 0 heterocycles. The molecule has 0 aliphatic carbocycles. The third kappa shape index (κ3) is 6.59. The van der Waals surface area contributed by atoms with Gasteiger partial charge in [-0.2, -0.15) is 0 Å². The lowest BCUT2D eigenvalue weighted by Gasteiger charge is -2.29. The van der Waals surface area contributed by atoms with E-state index in [0.29, 0.717) is 17.9 Å². The number of amides is 2. The van der Waals surface area contributed by atoms with Gasteiger partial charge in [-0.3, -0.25) is 9.59 Å². The number of rotatable bonds is 10. The van der Waals surface area contributed by atoms with Gasteiger partial charge >= 0.3 is 0 Å². The van der Waals surface area contributed by atoms with Crippen molar-refractivity contribution in [3.63, 3.8) is 0 Å². The van der Waals surface area contributed by atoms with E-state index in [1.807, 2.05) is 31.2 Å². The van der Waals surface area contributed by atoms with Crippen molar-refractivity contribution in [1.29, 1.82) is 0 Å². The first-order chi connectivity index (χ1) is 14.0. The maximum Gasteiger partial charge on any atom is 0.242 e. The summed E-state index contributed by atoms with van der Waals surface area (Å²) in [6, 6.07) is 12.9. The molecule has 0 bridgehead atoms. The van der Waals surface area contributed by atoms with Crippen LogP contribution < -0.4 is 10.1 Å². The lowest BCUT2D eigenvalue weighted by Crippen LogP contribution is -2.48. The molecule has 2 rings (SSSR count). The number of benzene rings is 2. The topological polar surface area (TPSA) is 58.6 Å². The number of hydrogen-bond acceptors (Lipinski definition) is 3. The molecule has 156 valence electrons. The lowest BCUT2D eigenvalue weighted by molar-refractivity contribution is -0.140. The Hall–Kier alpha value is -2.89. The maximum absolute atomic E-state index is 14.0. The first kappa shape index (κ1) is 22.4. The third-order valence-corrected chi connectivity index (χ3v) is 4.78. The molecule has 1 atom stereocenters. The largest absolute Gasteiger partial charge is 0.497 e. The molecule has 0 aromatic heterocycles. The van der Waals surface area contributed by atoms with E-state index in [-0.39, 0.29) is 24.8 Å². The molecule has 0 radical (unpaired) electrons. The van der Waals surface area contributed by atoms with Gasteiger partial charge in [-0.25, -0.2) is 4.39 Å². The molecule has 0 fully saturated rings. The highest BCUT2D eigenvalue weighted by Crippen LogP contribution is 2.18. The van der Waals surface area contributed by atoms with Gasteiger partial charge in [0, 0.05) is 13.1 Å². The molecule has 0 saturated heterocycles. The molecular weight excluding hydrogens is 371 g/mol. The number of nitrogens with one attached hydrogen (secondary N) is 1. The molecule has 2 amide bonds. The van der Waals surface area contributed by atoms with Gasteiger partial charge in [-0.05, 0) is 42.7 Å². The predicted octanol–water partition coefficient (Wildman–Crippen LogP) is 3.71. The van der Waals surface area contributed by atoms with Gasteiger partial charge in [0.05, 0.1) is 13.5 Å². The standard InChI is InChI=1S/C23H29FN2O3/c1-4-5-13-25-23(28)17(2)26(16-18-9-8-11-20(14-18)29-3)22(27)15-19-10-6-7-12-21(19)24/h6-12,14,17H,4-5,13,15-16H2,1-3H3,(H,25,28)/t17-/m0/s1. The first-order valence-electron chi connectivity index (χ1n) is 9.89. The van der Waals surface area contributed by atoms with Gasteiger partial charge in [0.25, 0.3) is 0 Å². The molecule has 1 N–H and O–H groups in total. The van der Waals surface area contributed by atoms with Crippen LogP contribution in [0.2, 0.25) is 0 Å². The quantitative estimate of drug-likeness (QED) is 0.619. The summed E-state index contributed by atoms with van der Waals surface area (Å²) in [6.07, 6.45) is 1.73. The van der Waals surface area contributed by atoms with Crippen LogP contribution in [0.4, 0.5) is 4.39 Å². The third-order valence-electron chi connectivity index (χ3n) is 4.78. The Morgan fingerprint density at radius 1 is 1.17 bits per heavy atom. The lowest BCUT2D eigenvalue weighted by atomic mass is 10.1. The van der Waals surface area contributed by atoms with Crippen molar-refractivity contribution in [2.45, 2.75) is 45.7 Å². The average Bonchev–Trinajstić information content (AvgIpc) is 2.73. The molecule has 0 spiro atoms. The van der Waals surface area contributed by atoms with Crippen LogP contribution >= 0.6 is 0 Å². The molecule has 2 aromatic rings. The fourth-order valence-electron chi connectivity index (χ4n) is 2.99. The Balaban J connectivity index is 2.22. The van der Waals surface area contributed by atoms with Gasteiger partial charge < -0.3 is 15.0 Å². The van der Waals surface area contributed by atoms with E-state index in [0.717, 1.165) is 18.4 Å². The second kappa shape index (κ2) is 11.2. The summed E-state index contributed by atoms with van der Waals surface area (Å²) in [7, 11) is 1.57. The number of ether oxygens (including phenoxy) is 1. The Morgan fingerprint density at radius 2 is 1.93 bits per heavy atom. The van der Waals surface area contributed by atoms with Crippen LogP contribution in [0.1, 0.15) is 37.8 Å². The zero-order valence-corrected chi connectivity index (χ0v) is 17.3. The van der Waals surface area contributed by atoms with Crippen LogP contribution in [-0.4, -0.2) is 36.4 Å². The molecule has 5 nitrogen and oxygen atoms in total. The van der Waals surface area contributed by atoms with Crippen LogP contribution in [-0.2, 0) is 22.6 Å². The van der Waals surface area contributed by atoms with E-state index in [1.54, 1.807) is 32.2 Å². The van der Waals surface area contributed by atoms with Crippen LogP contribution in [0.15, 0.2) is 48.5 Å². The smallest absolute Gasteiger partial charge is 0.242 e. The molecule has 0 unspecified atom stereocenters. The number of nitrogens with zero attached hydrogens (tertiary/aromatic N) is 1. The predicted molar refractivity (Wildman–Crippen MR) is 111 cm³/mol. The number of unbranched alkanes of at least 4 members (excludes halogenated alkanes) is 1. The Kier molecular flexibility index (Phi) is 8.65. The monoisotopic (exact) mass is 400 g/mol. The summed E-state index contributed by atoms with van der Waals surface area (Å²) in [4.78, 5) is 27.1. The van der Waals surface area contributed by atoms with E-state index in [2.05, 4.69) is 5.32 Å². The van der Waals surface area contributed by atoms with Crippen molar-refractivity contribution in [3.05, 3.63) is 65.5 Å². The number of methoxy groups -OCH3 is 1. The van der Waals surface area contributed by atoms with E-state index < -0.39 is 11.9 Å². The maximum atomic E-state index is 14.0. The second-order valence-electron chi connectivity index (χ2n) is 6.96. The average molecular weight is 400 g/mol. The number of halogens is 1. The second-order valence-corrected chi connectivity index (χ2v) is 6.96. The number of hydrogen-bond donors (Lipinski definition) is 1. The highest BCUT2D eigenvalue weighted by molar-refractivity contribution is 5.88. The van der Waals surface area contributed by atoms with Crippen LogP contribution in [0.3, 0.4) is 0 Å². The Bertz CT molecular complexity index is 825. The zero-order valence-electron chi connectivity index (χ0n) is 17.3. The first-order valence-corrected chi connectivity index (χ1v) is 9.89. The summed E-state index contributed by atoms with van der Waals surface area (Å²) in [5, 5.41) is 2.87. The van der Waals surface area contributed by atoms with Crippen molar-refractivity contribution in [3.8, 4) is 5.75 Å². The highest BCUT2D eigenvalue weighted by atomic mass is 19.1. The van der Waals surface area contributed by atoms with Gasteiger partial charge in [-0.1, -0.05) is 43.7 Å². The van der Waals surface area contributed by atoms with Crippen molar-refractivity contribution >= 4 is 11.8 Å². The summed E-state index contributed by atoms with van der Waals surface area (Å²) < 4.78 is 19.3. The van der Waals surface area contributed by atoms with Gasteiger partial charge in [0.15, 0.2) is 0 Å². The van der Waals surface area contributed by atoms with Crippen LogP contribution in [0, 0.1) is 5.82 Å². The Morgan fingerprint density at radius 3 is 2.62 bits per heavy atom. The SMILES string of the molecule is CCCCNC(=O)[C@H](C)N(Cc1cccc(OC)c1)C(=O)Cc1ccccc1F. The highest BCUT2D eigenvalue weighted by Gasteiger charge is 2.26. The summed E-state index contributed by atoms with van der Waals surface area (Å²) in [6.45, 7) is 4.53. The van der Waals surface area contributed by atoms with Gasteiger partial charge in [-0.15, -0.1) is 0 Å². The van der Waals surface area contributed by atoms with E-state index in [4.69, 9.17) is 4.74 Å². The fraction of sp³-hybridized carbons (Fsp3) is 0.391. The number of carbonyl (C=O) groups excluding carboxylic acids is 2. The molecule has 0 aliphatic heterocycles. The van der Waals surface area contributed by atoms with Crippen LogP contribution in [0.25, 0.3) is 0 Å². The minimum absolute atomic E-state index is 0.108. The van der Waals surface area contributed by atoms with Gasteiger partial charge in [0.2, 0.25) is 11.8 Å². The molecule has 0 saturated carbocycles. The van der Waals surface area contributed by atoms with E-state index in [1.165, 1.54) is 11.0 Å². The van der Waals surface area contributed by atoms with Crippen LogP contribution in [0.5, 0.6) is 5.75 Å². The van der Waals surface area contributed by atoms with Crippen molar-refractivity contribution < 1.29 is 18.7 Å². The Labute approximate surface area is 171 Å². The summed E-state index contributed by atoms with van der Waals surface area (Å²) in [5.74, 6) is -0.287. The normalized spacial score (nSPS) is 11.6. The summed E-state index contributed by atoms with van der Waals surface area (Å²) in [5.41, 5.74) is 1.14. The number of carbonyl (C=O) groups is 2. The van der Waals surface area contributed by atoms with E-state index >= 15 is 0 Å². The molecule has 2 aromatic carbocycles. The molecule has 29 heavy (non-hydrogen) atoms. The molecule has 0 aliphatic rings. The van der Waals surface area contributed by atoms with Crippen molar-refractivity contribution in [1.82, 2.24) is 10.2 Å².